The molecule has 0 aliphatic carbocycles. The number of fused-ring (bicyclic) bond motifs is 1. The maximum absolute atomic E-state index is 11.4. The summed E-state index contributed by atoms with van der Waals surface area (Å²) in [6.45, 7) is 4.27. The Kier molecular flexibility index (Phi) is 3.06. The summed E-state index contributed by atoms with van der Waals surface area (Å²) in [7, 11) is 0. The van der Waals surface area contributed by atoms with Crippen LogP contribution in [0.5, 0.6) is 0 Å². The average Bonchev–Trinajstić information content (AvgIpc) is 2.97. The molecular weight excluding hydrogens is 248 g/mol. The Hall–Kier alpha value is -1.40. The molecule has 0 spiro atoms. The van der Waals surface area contributed by atoms with E-state index in [2.05, 4.69) is 5.16 Å². The van der Waals surface area contributed by atoms with Gasteiger partial charge in [-0.1, -0.05) is 5.16 Å². The van der Waals surface area contributed by atoms with Crippen molar-refractivity contribution in [3.05, 3.63) is 17.0 Å². The van der Waals surface area contributed by atoms with Crippen LogP contribution < -0.4 is 0 Å². The van der Waals surface area contributed by atoms with Gasteiger partial charge >= 0.3 is 5.97 Å². The van der Waals surface area contributed by atoms with Crippen molar-refractivity contribution in [2.75, 3.05) is 13.2 Å². The minimum Gasteiger partial charge on any atom is -0.480 e. The van der Waals surface area contributed by atoms with E-state index in [0.717, 1.165) is 36.4 Å². The second kappa shape index (κ2) is 4.61. The molecule has 2 aliphatic heterocycles. The zero-order valence-corrected chi connectivity index (χ0v) is 11.0. The van der Waals surface area contributed by atoms with Gasteiger partial charge in [0, 0.05) is 18.5 Å². The number of carbonyl (C=O) groups is 1. The fraction of sp³-hybridized carbons (Fsp3) is 0.692. The van der Waals surface area contributed by atoms with Crippen LogP contribution in [0, 0.1) is 0 Å². The van der Waals surface area contributed by atoms with Crippen molar-refractivity contribution in [3.8, 4) is 0 Å². The van der Waals surface area contributed by atoms with Gasteiger partial charge in [0.1, 0.15) is 17.0 Å². The summed E-state index contributed by atoms with van der Waals surface area (Å²) >= 11 is 0. The highest BCUT2D eigenvalue weighted by Crippen LogP contribution is 2.32. The lowest BCUT2D eigenvalue weighted by Crippen LogP contribution is -2.47. The summed E-state index contributed by atoms with van der Waals surface area (Å²) in [5, 5.41) is 13.5. The van der Waals surface area contributed by atoms with Crippen LogP contribution in [-0.4, -0.2) is 39.8 Å². The molecule has 1 aromatic heterocycles. The maximum Gasteiger partial charge on any atom is 0.323 e. The highest BCUT2D eigenvalue weighted by atomic mass is 16.5. The molecule has 1 aromatic rings. The maximum atomic E-state index is 11.4. The van der Waals surface area contributed by atoms with E-state index in [0.29, 0.717) is 26.2 Å². The highest BCUT2D eigenvalue weighted by molar-refractivity contribution is 5.78. The summed E-state index contributed by atoms with van der Waals surface area (Å²) in [5.41, 5.74) is 1.04. The molecule has 1 unspecified atom stereocenters. The number of rotatable bonds is 3. The van der Waals surface area contributed by atoms with E-state index in [1.807, 2.05) is 4.90 Å². The molecule has 3 rings (SSSR count). The zero-order chi connectivity index (χ0) is 13.5. The SMILES string of the molecule is CC1(C(=O)O)CCCN1Cc1noc2c1COCC2. The van der Waals surface area contributed by atoms with Gasteiger partial charge < -0.3 is 14.4 Å². The second-order valence-corrected chi connectivity index (χ2v) is 5.44. The molecule has 0 aromatic carbocycles. The van der Waals surface area contributed by atoms with E-state index in [1.54, 1.807) is 6.92 Å². The van der Waals surface area contributed by atoms with E-state index in [1.165, 1.54) is 0 Å². The molecule has 0 radical (unpaired) electrons. The normalized spacial score (nSPS) is 27.4. The number of aromatic nitrogens is 1. The standard InChI is InChI=1S/C13H18N2O4/c1-13(12(16)17)4-2-5-15(13)7-10-9-8-18-6-3-11(9)19-14-10/h2-8H2,1H3,(H,16,17). The van der Waals surface area contributed by atoms with Gasteiger partial charge in [-0.15, -0.1) is 0 Å². The number of hydrogen-bond acceptors (Lipinski definition) is 5. The molecule has 3 heterocycles. The molecule has 1 fully saturated rings. The van der Waals surface area contributed by atoms with Gasteiger partial charge in [0.05, 0.1) is 13.2 Å². The van der Waals surface area contributed by atoms with Crippen LogP contribution in [0.2, 0.25) is 0 Å². The van der Waals surface area contributed by atoms with Gasteiger partial charge in [0.15, 0.2) is 0 Å². The van der Waals surface area contributed by atoms with E-state index < -0.39 is 11.5 Å². The predicted molar refractivity (Wildman–Crippen MR) is 65.5 cm³/mol. The van der Waals surface area contributed by atoms with Gasteiger partial charge in [-0.05, 0) is 26.3 Å². The van der Waals surface area contributed by atoms with Crippen molar-refractivity contribution in [3.63, 3.8) is 0 Å². The largest absolute Gasteiger partial charge is 0.480 e. The average molecular weight is 266 g/mol. The first-order valence-electron chi connectivity index (χ1n) is 6.64. The van der Waals surface area contributed by atoms with Gasteiger partial charge in [-0.2, -0.15) is 0 Å². The molecule has 1 atom stereocenters. The number of carboxylic acids is 1. The van der Waals surface area contributed by atoms with Crippen LogP contribution in [0.25, 0.3) is 0 Å². The fourth-order valence-corrected chi connectivity index (χ4v) is 2.90. The molecule has 0 saturated carbocycles. The molecule has 0 bridgehead atoms. The van der Waals surface area contributed by atoms with E-state index in [4.69, 9.17) is 9.26 Å². The van der Waals surface area contributed by atoms with Gasteiger partial charge in [0.2, 0.25) is 0 Å². The minimum atomic E-state index is -0.790. The smallest absolute Gasteiger partial charge is 0.323 e. The van der Waals surface area contributed by atoms with Gasteiger partial charge in [-0.3, -0.25) is 9.69 Å². The third-order valence-electron chi connectivity index (χ3n) is 4.26. The van der Waals surface area contributed by atoms with Crippen LogP contribution >= 0.6 is 0 Å². The van der Waals surface area contributed by atoms with Crippen LogP contribution in [-0.2, 0) is 29.1 Å². The van der Waals surface area contributed by atoms with Crippen molar-refractivity contribution < 1.29 is 19.2 Å². The quantitative estimate of drug-likeness (QED) is 0.885. The Morgan fingerprint density at radius 3 is 3.21 bits per heavy atom. The van der Waals surface area contributed by atoms with Gasteiger partial charge in [0.25, 0.3) is 0 Å². The number of carboxylic acid groups (broad SMARTS) is 1. The van der Waals surface area contributed by atoms with Crippen molar-refractivity contribution in [2.24, 2.45) is 0 Å². The predicted octanol–water partition coefficient (Wildman–Crippen LogP) is 1.19. The van der Waals surface area contributed by atoms with Crippen LogP contribution in [0.1, 0.15) is 36.8 Å². The number of likely N-dealkylation sites (tertiary alicyclic amines) is 1. The first-order valence-corrected chi connectivity index (χ1v) is 6.64. The third-order valence-corrected chi connectivity index (χ3v) is 4.26. The third kappa shape index (κ3) is 2.04. The number of nitrogens with zero attached hydrogens (tertiary/aromatic N) is 2. The summed E-state index contributed by atoms with van der Waals surface area (Å²) in [6, 6.07) is 0. The monoisotopic (exact) mass is 266 g/mol. The second-order valence-electron chi connectivity index (χ2n) is 5.44. The fourth-order valence-electron chi connectivity index (χ4n) is 2.90. The molecule has 0 amide bonds. The van der Waals surface area contributed by atoms with Crippen LogP contribution in [0.4, 0.5) is 0 Å². The summed E-state index contributed by atoms with van der Waals surface area (Å²) < 4.78 is 10.7. The molecular formula is C13H18N2O4. The Balaban J connectivity index is 1.81. The summed E-state index contributed by atoms with van der Waals surface area (Å²) in [5.74, 6) is 0.121. The van der Waals surface area contributed by atoms with E-state index in [9.17, 15) is 9.90 Å². The number of aliphatic carboxylic acids is 1. The van der Waals surface area contributed by atoms with Crippen molar-refractivity contribution in [1.29, 1.82) is 0 Å². The summed E-state index contributed by atoms with van der Waals surface area (Å²) in [4.78, 5) is 13.4. The first kappa shape index (κ1) is 12.6. The van der Waals surface area contributed by atoms with Crippen LogP contribution in [0.15, 0.2) is 4.52 Å². The number of hydrogen-bond donors (Lipinski definition) is 1. The van der Waals surface area contributed by atoms with E-state index in [-0.39, 0.29) is 0 Å². The Labute approximate surface area is 111 Å². The Morgan fingerprint density at radius 2 is 2.42 bits per heavy atom. The minimum absolute atomic E-state index is 0.519. The Bertz CT molecular complexity index is 499. The van der Waals surface area contributed by atoms with Gasteiger partial charge in [-0.25, -0.2) is 0 Å². The molecule has 6 nitrogen and oxygen atoms in total. The van der Waals surface area contributed by atoms with Crippen molar-refractivity contribution in [2.45, 2.75) is 44.9 Å². The van der Waals surface area contributed by atoms with E-state index >= 15 is 0 Å². The molecule has 6 heteroatoms. The summed E-state index contributed by atoms with van der Waals surface area (Å²) in [6.07, 6.45) is 2.33. The van der Waals surface area contributed by atoms with Crippen molar-refractivity contribution in [1.82, 2.24) is 10.1 Å². The molecule has 2 aliphatic rings. The lowest BCUT2D eigenvalue weighted by Gasteiger charge is -2.30. The zero-order valence-electron chi connectivity index (χ0n) is 11.0. The highest BCUT2D eigenvalue weighted by Gasteiger charge is 2.43. The van der Waals surface area contributed by atoms with Crippen LogP contribution in [0.3, 0.4) is 0 Å². The topological polar surface area (TPSA) is 75.8 Å². The Morgan fingerprint density at radius 1 is 1.58 bits per heavy atom. The molecule has 104 valence electrons. The lowest BCUT2D eigenvalue weighted by atomic mass is 9.99. The first-order chi connectivity index (χ1) is 9.11. The lowest BCUT2D eigenvalue weighted by molar-refractivity contribution is -0.149. The van der Waals surface area contributed by atoms with Crippen molar-refractivity contribution >= 4 is 5.97 Å². The molecule has 19 heavy (non-hydrogen) atoms. The number of ether oxygens (including phenoxy) is 1. The molecule has 1 saturated heterocycles. The molecule has 1 N–H and O–H groups in total.